The summed E-state index contributed by atoms with van der Waals surface area (Å²) in [5.74, 6) is 2.24. The van der Waals surface area contributed by atoms with Crippen molar-refractivity contribution in [3.8, 4) is 0 Å². The summed E-state index contributed by atoms with van der Waals surface area (Å²) in [5, 5.41) is 5.19. The fourth-order valence-corrected chi connectivity index (χ4v) is 4.53. The Morgan fingerprint density at radius 2 is 2.00 bits per heavy atom. The van der Waals surface area contributed by atoms with Gasteiger partial charge in [0.1, 0.15) is 0 Å². The van der Waals surface area contributed by atoms with E-state index in [9.17, 15) is 0 Å². The van der Waals surface area contributed by atoms with Crippen molar-refractivity contribution in [2.24, 2.45) is 17.8 Å². The van der Waals surface area contributed by atoms with E-state index in [4.69, 9.17) is 16.7 Å². The number of hydrogen-bond acceptors (Lipinski definition) is 1. The first-order chi connectivity index (χ1) is 10.1. The number of nitrogens with zero attached hydrogens (tertiary/aromatic N) is 2. The maximum absolute atomic E-state index is 6.60. The molecular weight excluding hydrogens is 280 g/mol. The molecule has 2 fully saturated rings. The molecule has 3 unspecified atom stereocenters. The van der Waals surface area contributed by atoms with E-state index in [1.54, 1.807) is 0 Å². The van der Waals surface area contributed by atoms with Gasteiger partial charge in [0.2, 0.25) is 0 Å². The van der Waals surface area contributed by atoms with E-state index in [1.807, 2.05) is 0 Å². The van der Waals surface area contributed by atoms with E-state index >= 15 is 0 Å². The van der Waals surface area contributed by atoms with Crippen molar-refractivity contribution in [3.63, 3.8) is 0 Å². The minimum Gasteiger partial charge on any atom is -0.269 e. The van der Waals surface area contributed by atoms with Gasteiger partial charge < -0.3 is 0 Å². The molecule has 1 aromatic heterocycles. The Balaban J connectivity index is 1.62. The fraction of sp³-hybridized carbons (Fsp3) is 0.833. The molecule has 3 rings (SSSR count). The molecule has 1 aromatic rings. The van der Waals surface area contributed by atoms with Crippen molar-refractivity contribution in [1.29, 1.82) is 0 Å². The summed E-state index contributed by atoms with van der Waals surface area (Å²) in [6.45, 7) is 4.70. The molecule has 2 aliphatic rings. The normalized spacial score (nSPS) is 31.1. The first-order valence-electron chi connectivity index (χ1n) is 8.81. The number of alkyl halides is 1. The predicted octanol–water partition coefficient (Wildman–Crippen LogP) is 5.22. The molecule has 1 heterocycles. The van der Waals surface area contributed by atoms with Crippen molar-refractivity contribution in [2.75, 3.05) is 0 Å². The highest BCUT2D eigenvalue weighted by Crippen LogP contribution is 2.38. The Bertz CT molecular complexity index is 448. The van der Waals surface area contributed by atoms with Crippen LogP contribution in [-0.2, 0) is 6.42 Å². The molecule has 0 radical (unpaired) electrons. The number of hydrogen-bond donors (Lipinski definition) is 0. The predicted molar refractivity (Wildman–Crippen MR) is 88.7 cm³/mol. The lowest BCUT2D eigenvalue weighted by Gasteiger charge is -2.34. The molecular formula is C18H29ClN2. The zero-order valence-electron chi connectivity index (χ0n) is 13.5. The molecule has 3 atom stereocenters. The van der Waals surface area contributed by atoms with Gasteiger partial charge in [-0.1, -0.05) is 26.7 Å². The van der Waals surface area contributed by atoms with Crippen LogP contribution in [0.4, 0.5) is 0 Å². The van der Waals surface area contributed by atoms with Crippen LogP contribution in [0.5, 0.6) is 0 Å². The summed E-state index contributed by atoms with van der Waals surface area (Å²) in [4.78, 5) is 0. The lowest BCUT2D eigenvalue weighted by molar-refractivity contribution is 0.217. The second-order valence-corrected chi connectivity index (χ2v) is 8.08. The van der Waals surface area contributed by atoms with Gasteiger partial charge in [0.15, 0.2) is 0 Å². The quantitative estimate of drug-likeness (QED) is 0.697. The van der Waals surface area contributed by atoms with Gasteiger partial charge in [-0.2, -0.15) is 5.10 Å². The molecule has 2 aliphatic carbocycles. The molecule has 0 spiro atoms. The van der Waals surface area contributed by atoms with E-state index in [-0.39, 0.29) is 0 Å². The van der Waals surface area contributed by atoms with Crippen LogP contribution in [0.2, 0.25) is 0 Å². The van der Waals surface area contributed by atoms with Crippen LogP contribution in [0.15, 0.2) is 12.3 Å². The first kappa shape index (κ1) is 15.4. The van der Waals surface area contributed by atoms with Gasteiger partial charge in [-0.25, -0.2) is 0 Å². The third-order valence-electron chi connectivity index (χ3n) is 5.71. The lowest BCUT2D eigenvalue weighted by atomic mass is 9.74. The Labute approximate surface area is 134 Å². The van der Waals surface area contributed by atoms with Crippen LogP contribution < -0.4 is 0 Å². The summed E-state index contributed by atoms with van der Waals surface area (Å²) in [6, 6.07) is 2.88. The molecule has 0 saturated heterocycles. The largest absolute Gasteiger partial charge is 0.269 e. The Morgan fingerprint density at radius 1 is 1.24 bits per heavy atom. The minimum atomic E-state index is 0.344. The van der Waals surface area contributed by atoms with Crippen molar-refractivity contribution < 1.29 is 0 Å². The standard InChI is InChI=1S/C18H29ClN2/c1-13(2)14-7-8-18(19)15(11-14)12-16-9-10-21(20-16)17-5-3-4-6-17/h9-10,13-15,17-18H,3-8,11-12H2,1-2H3. The summed E-state index contributed by atoms with van der Waals surface area (Å²) in [5.41, 5.74) is 1.25. The highest BCUT2D eigenvalue weighted by atomic mass is 35.5. The summed E-state index contributed by atoms with van der Waals surface area (Å²) < 4.78 is 2.22. The van der Waals surface area contributed by atoms with E-state index in [2.05, 4.69) is 30.8 Å². The van der Waals surface area contributed by atoms with Crippen LogP contribution in [0.1, 0.15) is 70.5 Å². The van der Waals surface area contributed by atoms with E-state index in [0.717, 1.165) is 18.3 Å². The van der Waals surface area contributed by atoms with E-state index in [1.165, 1.54) is 50.6 Å². The van der Waals surface area contributed by atoms with Gasteiger partial charge in [0.05, 0.1) is 11.7 Å². The van der Waals surface area contributed by atoms with Crippen molar-refractivity contribution in [2.45, 2.75) is 76.6 Å². The van der Waals surface area contributed by atoms with Crippen LogP contribution in [0.25, 0.3) is 0 Å². The summed E-state index contributed by atoms with van der Waals surface area (Å²) in [6.07, 6.45) is 12.4. The monoisotopic (exact) mass is 308 g/mol. The maximum Gasteiger partial charge on any atom is 0.0628 e. The van der Waals surface area contributed by atoms with Crippen molar-refractivity contribution in [3.05, 3.63) is 18.0 Å². The molecule has 3 heteroatoms. The molecule has 0 N–H and O–H groups in total. The third kappa shape index (κ3) is 3.64. The topological polar surface area (TPSA) is 17.8 Å². The highest BCUT2D eigenvalue weighted by molar-refractivity contribution is 6.20. The van der Waals surface area contributed by atoms with Gasteiger partial charge in [0.25, 0.3) is 0 Å². The number of halogens is 1. The summed E-state index contributed by atoms with van der Waals surface area (Å²) >= 11 is 6.60. The summed E-state index contributed by atoms with van der Waals surface area (Å²) in [7, 11) is 0. The smallest absolute Gasteiger partial charge is 0.0628 e. The molecule has 2 nitrogen and oxygen atoms in total. The highest BCUT2D eigenvalue weighted by Gasteiger charge is 2.31. The second-order valence-electron chi connectivity index (χ2n) is 7.52. The molecule has 0 aromatic carbocycles. The second kappa shape index (κ2) is 6.73. The Morgan fingerprint density at radius 3 is 2.71 bits per heavy atom. The number of aromatic nitrogens is 2. The van der Waals surface area contributed by atoms with Crippen LogP contribution in [0, 0.1) is 17.8 Å². The van der Waals surface area contributed by atoms with Crippen LogP contribution in [0.3, 0.4) is 0 Å². The van der Waals surface area contributed by atoms with Gasteiger partial charge in [-0.15, -0.1) is 11.6 Å². The third-order valence-corrected chi connectivity index (χ3v) is 6.28. The van der Waals surface area contributed by atoms with Gasteiger partial charge >= 0.3 is 0 Å². The van der Waals surface area contributed by atoms with Crippen molar-refractivity contribution in [1.82, 2.24) is 9.78 Å². The van der Waals surface area contributed by atoms with E-state index < -0.39 is 0 Å². The molecule has 0 aliphatic heterocycles. The molecule has 2 saturated carbocycles. The first-order valence-corrected chi connectivity index (χ1v) is 9.25. The molecule has 0 bridgehead atoms. The minimum absolute atomic E-state index is 0.344. The SMILES string of the molecule is CC(C)C1CCC(Cl)C(Cc2ccn(C3CCCC3)n2)C1. The van der Waals surface area contributed by atoms with Gasteiger partial charge in [-0.05, 0) is 62.3 Å². The number of rotatable bonds is 4. The lowest BCUT2D eigenvalue weighted by Crippen LogP contribution is -2.29. The van der Waals surface area contributed by atoms with Crippen LogP contribution in [-0.4, -0.2) is 15.2 Å². The van der Waals surface area contributed by atoms with E-state index in [0.29, 0.717) is 17.3 Å². The van der Waals surface area contributed by atoms with Crippen LogP contribution >= 0.6 is 11.6 Å². The average Bonchev–Trinajstić information content (AvgIpc) is 3.11. The molecule has 118 valence electrons. The van der Waals surface area contributed by atoms with Gasteiger partial charge in [-0.3, -0.25) is 4.68 Å². The molecule has 0 amide bonds. The zero-order chi connectivity index (χ0) is 14.8. The Hall–Kier alpha value is -0.500. The molecule has 21 heavy (non-hydrogen) atoms. The Kier molecular flexibility index (Phi) is 4.93. The fourth-order valence-electron chi connectivity index (χ4n) is 4.21. The zero-order valence-corrected chi connectivity index (χ0v) is 14.2. The maximum atomic E-state index is 6.60. The van der Waals surface area contributed by atoms with Gasteiger partial charge in [0, 0.05) is 11.6 Å². The van der Waals surface area contributed by atoms with Crippen molar-refractivity contribution >= 4 is 11.6 Å². The average molecular weight is 309 g/mol.